The summed E-state index contributed by atoms with van der Waals surface area (Å²) in [6.07, 6.45) is -4.85. The summed E-state index contributed by atoms with van der Waals surface area (Å²) in [6, 6.07) is 2.17. The molecule has 1 heterocycles. The molecular weight excluding hydrogens is 457 g/mol. The van der Waals surface area contributed by atoms with Gasteiger partial charge in [-0.1, -0.05) is 11.6 Å². The largest absolute Gasteiger partial charge is 0.435 e. The van der Waals surface area contributed by atoms with Crippen LogP contribution in [0.1, 0.15) is 41.7 Å². The highest BCUT2D eigenvalue weighted by Gasteiger charge is 2.37. The summed E-state index contributed by atoms with van der Waals surface area (Å²) < 4.78 is 96.3. The van der Waals surface area contributed by atoms with Gasteiger partial charge in [-0.25, -0.2) is 13.8 Å². The number of pyridine rings is 1. The number of amides is 1. The molecule has 0 saturated heterocycles. The fraction of sp³-hybridized carbons (Fsp3) is 0.474. The van der Waals surface area contributed by atoms with Gasteiger partial charge in [0.2, 0.25) is 5.92 Å². The fourth-order valence-electron chi connectivity index (χ4n) is 3.54. The molecule has 1 atom stereocenters. The van der Waals surface area contributed by atoms with Gasteiger partial charge in [0.15, 0.2) is 0 Å². The van der Waals surface area contributed by atoms with E-state index in [0.29, 0.717) is 18.9 Å². The smallest absolute Gasteiger partial charge is 0.418 e. The zero-order chi connectivity index (χ0) is 23.0. The van der Waals surface area contributed by atoms with Crippen LogP contribution in [0, 0.1) is 5.92 Å². The molecule has 0 aliphatic heterocycles. The van der Waals surface area contributed by atoms with Gasteiger partial charge in [-0.3, -0.25) is 4.79 Å². The molecule has 3 rings (SSSR count). The maximum atomic E-state index is 13.5. The van der Waals surface area contributed by atoms with E-state index in [1.54, 1.807) is 0 Å². The van der Waals surface area contributed by atoms with Crippen LogP contribution < -0.4 is 10.1 Å². The lowest BCUT2D eigenvalue weighted by atomic mass is 9.86. The first kappa shape index (κ1) is 23.4. The van der Waals surface area contributed by atoms with E-state index in [1.165, 1.54) is 0 Å². The number of aromatic nitrogens is 1. The Balaban J connectivity index is 1.90. The number of halogens is 8. The van der Waals surface area contributed by atoms with Gasteiger partial charge in [-0.15, -0.1) is 0 Å². The Hall–Kier alpha value is -2.30. The maximum absolute atomic E-state index is 13.5. The van der Waals surface area contributed by atoms with Gasteiger partial charge < -0.3 is 10.1 Å². The molecule has 1 aliphatic carbocycles. The minimum absolute atomic E-state index is 0.0982. The van der Waals surface area contributed by atoms with Crippen LogP contribution in [0.25, 0.3) is 10.9 Å². The Morgan fingerprint density at radius 1 is 1.29 bits per heavy atom. The second-order valence-electron chi connectivity index (χ2n) is 7.26. The number of benzene rings is 1. The van der Waals surface area contributed by atoms with Crippen molar-refractivity contribution >= 4 is 28.4 Å². The number of alkyl halides is 7. The van der Waals surface area contributed by atoms with Crippen molar-refractivity contribution in [1.82, 2.24) is 10.3 Å². The molecule has 4 nitrogen and oxygen atoms in total. The van der Waals surface area contributed by atoms with E-state index in [0.717, 1.165) is 12.1 Å². The molecule has 31 heavy (non-hydrogen) atoms. The van der Waals surface area contributed by atoms with Crippen LogP contribution >= 0.6 is 11.6 Å². The minimum atomic E-state index is -5.00. The van der Waals surface area contributed by atoms with Gasteiger partial charge in [0.25, 0.3) is 5.91 Å². The van der Waals surface area contributed by atoms with Crippen molar-refractivity contribution in [3.05, 3.63) is 34.5 Å². The Labute approximate surface area is 176 Å². The Morgan fingerprint density at radius 2 is 2.00 bits per heavy atom. The number of rotatable bonds is 5. The van der Waals surface area contributed by atoms with Gasteiger partial charge in [-0.05, 0) is 37.0 Å². The predicted molar refractivity (Wildman–Crippen MR) is 97.6 cm³/mol. The molecule has 2 aromatic rings. The molecular formula is C19H16ClF7N2O2. The third kappa shape index (κ3) is 5.69. The van der Waals surface area contributed by atoms with Gasteiger partial charge >= 0.3 is 12.8 Å². The van der Waals surface area contributed by atoms with Crippen LogP contribution in [0.15, 0.2) is 18.2 Å². The Kier molecular flexibility index (Phi) is 6.54. The first-order valence-corrected chi connectivity index (χ1v) is 9.56. The summed E-state index contributed by atoms with van der Waals surface area (Å²) in [7, 11) is 0. The highest BCUT2D eigenvalue weighted by atomic mass is 35.5. The van der Waals surface area contributed by atoms with Crippen LogP contribution in [0.4, 0.5) is 30.7 Å². The van der Waals surface area contributed by atoms with Crippen molar-refractivity contribution in [2.24, 2.45) is 5.92 Å². The highest BCUT2D eigenvalue weighted by Crippen LogP contribution is 2.40. The minimum Gasteiger partial charge on any atom is -0.435 e. The van der Waals surface area contributed by atoms with Crippen LogP contribution in [0.3, 0.4) is 0 Å². The van der Waals surface area contributed by atoms with Crippen LogP contribution in [0.2, 0.25) is 5.02 Å². The first-order chi connectivity index (χ1) is 14.4. The summed E-state index contributed by atoms with van der Waals surface area (Å²) in [5.41, 5.74) is -2.60. The summed E-state index contributed by atoms with van der Waals surface area (Å²) in [5, 5.41) is 1.72. The molecule has 12 heteroatoms. The molecule has 1 aliphatic rings. The number of nitrogens with zero attached hydrogens (tertiary/aromatic N) is 1. The number of ether oxygens (including phenoxy) is 1. The van der Waals surface area contributed by atoms with Gasteiger partial charge in [0, 0.05) is 24.8 Å². The van der Waals surface area contributed by atoms with E-state index in [9.17, 15) is 35.5 Å². The molecule has 1 amide bonds. The van der Waals surface area contributed by atoms with Crippen molar-refractivity contribution in [3.8, 4) is 5.75 Å². The monoisotopic (exact) mass is 472 g/mol. The molecule has 1 aromatic heterocycles. The quantitative estimate of drug-likeness (QED) is 0.538. The van der Waals surface area contributed by atoms with E-state index in [2.05, 4.69) is 15.0 Å². The number of carbonyl (C=O) groups excluding carboxylic acids is 1. The van der Waals surface area contributed by atoms with Crippen molar-refractivity contribution in [2.45, 2.75) is 44.4 Å². The number of hydrogen-bond acceptors (Lipinski definition) is 3. The SMILES string of the molecule is O=C(NC[C@H]1CCCC(F)(F)C1)c1cc(Cl)c2cc(OC(F)F)cc(C(F)(F)F)c2n1. The van der Waals surface area contributed by atoms with Gasteiger partial charge in [0.05, 0.1) is 16.1 Å². The van der Waals surface area contributed by atoms with E-state index in [-0.39, 0.29) is 23.4 Å². The summed E-state index contributed by atoms with van der Waals surface area (Å²) in [6.45, 7) is -3.46. The molecule has 0 bridgehead atoms. The van der Waals surface area contributed by atoms with E-state index in [4.69, 9.17) is 11.6 Å². The van der Waals surface area contributed by atoms with Crippen LogP contribution in [-0.4, -0.2) is 30.0 Å². The van der Waals surface area contributed by atoms with Crippen molar-refractivity contribution in [2.75, 3.05) is 6.54 Å². The van der Waals surface area contributed by atoms with Crippen molar-refractivity contribution in [3.63, 3.8) is 0 Å². The van der Waals surface area contributed by atoms with E-state index >= 15 is 0 Å². The maximum Gasteiger partial charge on any atom is 0.418 e. The standard InChI is InChI=1S/C19H16ClF7N2O2/c20-13-6-14(16(30)28-8-9-2-1-3-18(23,24)7-9)29-15-11(13)4-10(31-17(21)22)5-12(15)19(25,26)27/h4-6,9,17H,1-3,7-8H2,(H,28,30)/t9-/m0/s1. The Bertz CT molecular complexity index is 982. The second-order valence-corrected chi connectivity index (χ2v) is 7.67. The molecule has 0 radical (unpaired) electrons. The van der Waals surface area contributed by atoms with Gasteiger partial charge in [-0.2, -0.15) is 22.0 Å². The lowest BCUT2D eigenvalue weighted by molar-refractivity contribution is -0.136. The number of nitrogens with one attached hydrogen (secondary N) is 1. The normalized spacial score (nSPS) is 18.9. The lowest BCUT2D eigenvalue weighted by Gasteiger charge is -2.28. The van der Waals surface area contributed by atoms with Crippen molar-refractivity contribution < 1.29 is 40.3 Å². The number of hydrogen-bond donors (Lipinski definition) is 1. The predicted octanol–water partition coefficient (Wildman–Crippen LogP) is 6.06. The van der Waals surface area contributed by atoms with Crippen LogP contribution in [0.5, 0.6) is 5.75 Å². The zero-order valence-electron chi connectivity index (χ0n) is 15.7. The molecule has 170 valence electrons. The number of fused-ring (bicyclic) bond motifs is 1. The molecule has 1 fully saturated rings. The summed E-state index contributed by atoms with van der Waals surface area (Å²) in [4.78, 5) is 16.1. The lowest BCUT2D eigenvalue weighted by Crippen LogP contribution is -2.35. The third-order valence-corrected chi connectivity index (χ3v) is 5.21. The first-order valence-electron chi connectivity index (χ1n) is 9.18. The van der Waals surface area contributed by atoms with Crippen molar-refractivity contribution in [1.29, 1.82) is 0 Å². The molecule has 0 unspecified atom stereocenters. The number of carbonyl (C=O) groups is 1. The topological polar surface area (TPSA) is 51.2 Å². The third-order valence-electron chi connectivity index (χ3n) is 4.89. The van der Waals surface area contributed by atoms with E-state index < -0.39 is 59.5 Å². The summed E-state index contributed by atoms with van der Waals surface area (Å²) in [5.74, 6) is -4.96. The van der Waals surface area contributed by atoms with Gasteiger partial charge in [0.1, 0.15) is 11.4 Å². The zero-order valence-corrected chi connectivity index (χ0v) is 16.5. The van der Waals surface area contributed by atoms with Crippen LogP contribution in [-0.2, 0) is 6.18 Å². The van der Waals surface area contributed by atoms with E-state index in [1.807, 2.05) is 0 Å². The molecule has 1 N–H and O–H groups in total. The molecule has 1 saturated carbocycles. The molecule has 1 aromatic carbocycles. The second kappa shape index (κ2) is 8.68. The average molecular weight is 473 g/mol. The molecule has 0 spiro atoms. The average Bonchev–Trinajstić information content (AvgIpc) is 2.64. The fourth-order valence-corrected chi connectivity index (χ4v) is 3.79. The summed E-state index contributed by atoms with van der Waals surface area (Å²) >= 11 is 5.99. The highest BCUT2D eigenvalue weighted by molar-refractivity contribution is 6.35. The Morgan fingerprint density at radius 3 is 2.61 bits per heavy atom.